The molecule has 0 amide bonds. The molecule has 0 spiro atoms. The van der Waals surface area contributed by atoms with Gasteiger partial charge in [-0.25, -0.2) is 9.78 Å². The first-order valence-electron chi connectivity index (χ1n) is 5.06. The predicted octanol–water partition coefficient (Wildman–Crippen LogP) is 1.67. The third-order valence-electron chi connectivity index (χ3n) is 2.27. The zero-order chi connectivity index (χ0) is 11.3. The third-order valence-corrected chi connectivity index (χ3v) is 2.27. The van der Waals surface area contributed by atoms with Crippen LogP contribution in [0, 0.1) is 0 Å². The van der Waals surface area contributed by atoms with E-state index in [1.54, 1.807) is 6.07 Å². The Hall–Kier alpha value is -1.42. The zero-order valence-corrected chi connectivity index (χ0v) is 9.03. The third kappa shape index (κ3) is 3.67. The summed E-state index contributed by atoms with van der Waals surface area (Å²) in [7, 11) is 0. The van der Waals surface area contributed by atoms with Gasteiger partial charge in [0.2, 0.25) is 0 Å². The first-order chi connectivity index (χ1) is 7.13. The summed E-state index contributed by atoms with van der Waals surface area (Å²) in [5.41, 5.74) is 0.855. The molecule has 1 unspecified atom stereocenters. The van der Waals surface area contributed by atoms with Crippen LogP contribution in [0.15, 0.2) is 18.2 Å². The fourth-order valence-corrected chi connectivity index (χ4v) is 1.12. The first kappa shape index (κ1) is 11.7. The highest BCUT2D eigenvalue weighted by atomic mass is 16.4. The molecule has 1 atom stereocenters. The van der Waals surface area contributed by atoms with Crippen LogP contribution < -0.4 is 5.32 Å². The van der Waals surface area contributed by atoms with Crippen LogP contribution in [-0.4, -0.2) is 22.1 Å². The van der Waals surface area contributed by atoms with E-state index in [0.29, 0.717) is 12.6 Å². The second-order valence-corrected chi connectivity index (χ2v) is 3.51. The number of carboxylic acid groups (broad SMARTS) is 1. The number of carboxylic acids is 1. The molecule has 0 bridgehead atoms. The number of carbonyl (C=O) groups is 1. The number of nitrogens with one attached hydrogen (secondary N) is 1. The molecule has 0 aliphatic carbocycles. The molecule has 1 aromatic rings. The first-order valence-corrected chi connectivity index (χ1v) is 5.06. The quantitative estimate of drug-likeness (QED) is 0.772. The highest BCUT2D eigenvalue weighted by Gasteiger charge is 2.05. The van der Waals surface area contributed by atoms with Crippen LogP contribution in [0.4, 0.5) is 0 Å². The van der Waals surface area contributed by atoms with Crippen LogP contribution in [0.2, 0.25) is 0 Å². The van der Waals surface area contributed by atoms with Gasteiger partial charge in [-0.2, -0.15) is 0 Å². The van der Waals surface area contributed by atoms with Gasteiger partial charge < -0.3 is 10.4 Å². The summed E-state index contributed by atoms with van der Waals surface area (Å²) in [5, 5.41) is 12.0. The van der Waals surface area contributed by atoms with Crippen molar-refractivity contribution < 1.29 is 9.90 Å². The van der Waals surface area contributed by atoms with Crippen LogP contribution in [-0.2, 0) is 6.54 Å². The van der Waals surface area contributed by atoms with Gasteiger partial charge in [0, 0.05) is 12.6 Å². The lowest BCUT2D eigenvalue weighted by molar-refractivity contribution is 0.0690. The maximum absolute atomic E-state index is 10.7. The van der Waals surface area contributed by atoms with Crippen molar-refractivity contribution in [2.24, 2.45) is 0 Å². The summed E-state index contributed by atoms with van der Waals surface area (Å²) in [6.07, 6.45) is 1.04. The number of rotatable bonds is 5. The molecule has 15 heavy (non-hydrogen) atoms. The molecule has 1 rings (SSSR count). The molecule has 0 saturated heterocycles. The van der Waals surface area contributed by atoms with Gasteiger partial charge in [0.1, 0.15) is 5.69 Å². The Morgan fingerprint density at radius 2 is 2.33 bits per heavy atom. The molecule has 0 aliphatic rings. The van der Waals surface area contributed by atoms with Crippen molar-refractivity contribution >= 4 is 5.97 Å². The van der Waals surface area contributed by atoms with E-state index in [-0.39, 0.29) is 5.69 Å². The van der Waals surface area contributed by atoms with Crippen LogP contribution in [0.1, 0.15) is 36.5 Å². The number of aromatic carboxylic acids is 1. The van der Waals surface area contributed by atoms with Gasteiger partial charge in [-0.3, -0.25) is 0 Å². The fraction of sp³-hybridized carbons (Fsp3) is 0.455. The summed E-state index contributed by atoms with van der Waals surface area (Å²) in [4.78, 5) is 14.7. The average Bonchev–Trinajstić information content (AvgIpc) is 2.26. The molecule has 2 N–H and O–H groups in total. The number of hydrogen-bond acceptors (Lipinski definition) is 3. The van der Waals surface area contributed by atoms with E-state index < -0.39 is 5.97 Å². The number of aromatic nitrogens is 1. The van der Waals surface area contributed by atoms with Gasteiger partial charge in [0.25, 0.3) is 0 Å². The summed E-state index contributed by atoms with van der Waals surface area (Å²) in [5.74, 6) is -0.986. The van der Waals surface area contributed by atoms with Crippen LogP contribution in [0.25, 0.3) is 0 Å². The van der Waals surface area contributed by atoms with Crippen molar-refractivity contribution in [1.29, 1.82) is 0 Å². The minimum Gasteiger partial charge on any atom is -0.477 e. The summed E-state index contributed by atoms with van der Waals surface area (Å²) >= 11 is 0. The van der Waals surface area contributed by atoms with Crippen LogP contribution in [0.5, 0.6) is 0 Å². The smallest absolute Gasteiger partial charge is 0.354 e. The molecule has 0 saturated carbocycles. The normalized spacial score (nSPS) is 12.4. The van der Waals surface area contributed by atoms with Crippen molar-refractivity contribution in [1.82, 2.24) is 10.3 Å². The van der Waals surface area contributed by atoms with E-state index >= 15 is 0 Å². The van der Waals surface area contributed by atoms with Crippen molar-refractivity contribution in [3.8, 4) is 0 Å². The van der Waals surface area contributed by atoms with Crippen molar-refractivity contribution in [3.63, 3.8) is 0 Å². The molecule has 0 aromatic carbocycles. The Balaban J connectivity index is 2.62. The lowest BCUT2D eigenvalue weighted by atomic mass is 10.2. The Morgan fingerprint density at radius 1 is 1.60 bits per heavy atom. The van der Waals surface area contributed by atoms with E-state index in [9.17, 15) is 4.79 Å². The topological polar surface area (TPSA) is 62.2 Å². The van der Waals surface area contributed by atoms with Gasteiger partial charge in [0.05, 0.1) is 5.69 Å². The second-order valence-electron chi connectivity index (χ2n) is 3.51. The molecular formula is C11H16N2O2. The molecular weight excluding hydrogens is 192 g/mol. The Morgan fingerprint density at radius 3 is 2.93 bits per heavy atom. The van der Waals surface area contributed by atoms with Gasteiger partial charge in [-0.15, -0.1) is 0 Å². The number of pyridine rings is 1. The van der Waals surface area contributed by atoms with E-state index in [1.165, 1.54) is 6.07 Å². The number of hydrogen-bond donors (Lipinski definition) is 2. The fourth-order valence-electron chi connectivity index (χ4n) is 1.12. The van der Waals surface area contributed by atoms with Gasteiger partial charge in [-0.05, 0) is 25.5 Å². The predicted molar refractivity (Wildman–Crippen MR) is 57.8 cm³/mol. The SMILES string of the molecule is CCC(C)NCc1cccc(C(=O)O)n1. The molecule has 4 nitrogen and oxygen atoms in total. The molecule has 0 radical (unpaired) electrons. The maximum Gasteiger partial charge on any atom is 0.354 e. The van der Waals surface area contributed by atoms with Crippen LogP contribution in [0.3, 0.4) is 0 Å². The van der Waals surface area contributed by atoms with Crippen molar-refractivity contribution in [3.05, 3.63) is 29.6 Å². The van der Waals surface area contributed by atoms with Crippen LogP contribution >= 0.6 is 0 Å². The molecule has 4 heteroatoms. The molecule has 1 aromatic heterocycles. The molecule has 0 fully saturated rings. The highest BCUT2D eigenvalue weighted by Crippen LogP contribution is 2.00. The lowest BCUT2D eigenvalue weighted by Gasteiger charge is -2.10. The van der Waals surface area contributed by atoms with Gasteiger partial charge in [0.15, 0.2) is 0 Å². The molecule has 82 valence electrons. The highest BCUT2D eigenvalue weighted by molar-refractivity contribution is 5.85. The summed E-state index contributed by atoms with van der Waals surface area (Å²) in [6.45, 7) is 4.79. The molecule has 0 aliphatic heterocycles. The second kappa shape index (κ2) is 5.46. The van der Waals surface area contributed by atoms with E-state index in [1.807, 2.05) is 6.07 Å². The van der Waals surface area contributed by atoms with Crippen molar-refractivity contribution in [2.75, 3.05) is 0 Å². The zero-order valence-electron chi connectivity index (χ0n) is 9.03. The summed E-state index contributed by atoms with van der Waals surface area (Å²) < 4.78 is 0. The number of nitrogens with zero attached hydrogens (tertiary/aromatic N) is 1. The Bertz CT molecular complexity index is 339. The largest absolute Gasteiger partial charge is 0.477 e. The molecule has 1 heterocycles. The Labute approximate surface area is 89.3 Å². The van der Waals surface area contributed by atoms with E-state index in [0.717, 1.165) is 12.1 Å². The minimum atomic E-state index is -0.986. The van der Waals surface area contributed by atoms with E-state index in [4.69, 9.17) is 5.11 Å². The standard InChI is InChI=1S/C11H16N2O2/c1-3-8(2)12-7-9-5-4-6-10(13-9)11(14)15/h4-6,8,12H,3,7H2,1-2H3,(H,14,15). The van der Waals surface area contributed by atoms with Gasteiger partial charge >= 0.3 is 5.97 Å². The minimum absolute atomic E-state index is 0.0958. The van der Waals surface area contributed by atoms with Gasteiger partial charge in [-0.1, -0.05) is 13.0 Å². The van der Waals surface area contributed by atoms with Crippen molar-refractivity contribution in [2.45, 2.75) is 32.9 Å². The summed E-state index contributed by atoms with van der Waals surface area (Å²) in [6, 6.07) is 5.45. The van der Waals surface area contributed by atoms with E-state index in [2.05, 4.69) is 24.1 Å². The average molecular weight is 208 g/mol. The maximum atomic E-state index is 10.7. The lowest BCUT2D eigenvalue weighted by Crippen LogP contribution is -2.25. The Kier molecular flexibility index (Phi) is 4.24. The monoisotopic (exact) mass is 208 g/mol.